The number of amides is 1. The number of nitrogens with two attached hydrogens (primary N) is 1. The molecule has 26 heavy (non-hydrogen) atoms. The van der Waals surface area contributed by atoms with Crippen LogP contribution in [0.2, 0.25) is 0 Å². The minimum Gasteiger partial charge on any atom is -0.493 e. The van der Waals surface area contributed by atoms with Gasteiger partial charge in [0.15, 0.2) is 11.5 Å². The molecule has 2 aromatic carbocycles. The lowest BCUT2D eigenvalue weighted by Crippen LogP contribution is -2.32. The van der Waals surface area contributed by atoms with E-state index >= 15 is 0 Å². The molecule has 0 fully saturated rings. The molecule has 0 aromatic heterocycles. The van der Waals surface area contributed by atoms with Crippen LogP contribution in [-0.4, -0.2) is 19.6 Å². The first-order valence-corrected chi connectivity index (χ1v) is 7.95. The van der Waals surface area contributed by atoms with Crippen molar-refractivity contribution >= 4 is 12.0 Å². The van der Waals surface area contributed by atoms with E-state index in [1.165, 1.54) is 37.5 Å². The van der Waals surface area contributed by atoms with Crippen LogP contribution in [-0.2, 0) is 4.79 Å². The zero-order valence-electron chi connectivity index (χ0n) is 14.4. The van der Waals surface area contributed by atoms with Crippen molar-refractivity contribution in [2.45, 2.75) is 6.17 Å². The van der Waals surface area contributed by atoms with Crippen LogP contribution in [0.5, 0.6) is 11.5 Å². The summed E-state index contributed by atoms with van der Waals surface area (Å²) in [6, 6.07) is 10.9. The summed E-state index contributed by atoms with van der Waals surface area (Å²) in [5, 5.41) is 2.62. The van der Waals surface area contributed by atoms with Gasteiger partial charge in [-0.1, -0.05) is 30.9 Å². The Kier molecular flexibility index (Phi) is 6.93. The highest BCUT2D eigenvalue weighted by Gasteiger charge is 2.08. The van der Waals surface area contributed by atoms with E-state index in [1.54, 1.807) is 30.4 Å². The number of nitrogens with one attached hydrogen (secondary N) is 1. The lowest BCUT2D eigenvalue weighted by molar-refractivity contribution is -0.117. The van der Waals surface area contributed by atoms with Gasteiger partial charge in [-0.3, -0.25) is 4.79 Å². The Morgan fingerprint density at radius 1 is 1.27 bits per heavy atom. The van der Waals surface area contributed by atoms with Gasteiger partial charge in [-0.15, -0.1) is 0 Å². The zero-order chi connectivity index (χ0) is 18.9. The van der Waals surface area contributed by atoms with Crippen LogP contribution >= 0.6 is 0 Å². The molecule has 0 spiro atoms. The normalized spacial score (nSPS) is 11.8. The van der Waals surface area contributed by atoms with E-state index in [0.29, 0.717) is 23.7 Å². The highest BCUT2D eigenvalue weighted by molar-refractivity contribution is 5.92. The van der Waals surface area contributed by atoms with E-state index in [9.17, 15) is 9.18 Å². The summed E-state index contributed by atoms with van der Waals surface area (Å²) in [5.41, 5.74) is 7.27. The van der Waals surface area contributed by atoms with Gasteiger partial charge in [0, 0.05) is 6.08 Å². The van der Waals surface area contributed by atoms with Crippen molar-refractivity contribution in [1.82, 2.24) is 5.32 Å². The molecule has 0 bridgehead atoms. The molecule has 5 nitrogen and oxygen atoms in total. The molecule has 2 rings (SSSR count). The van der Waals surface area contributed by atoms with E-state index in [2.05, 4.69) is 11.9 Å². The van der Waals surface area contributed by atoms with Crippen LogP contribution in [0.15, 0.2) is 61.2 Å². The lowest BCUT2D eigenvalue weighted by atomic mass is 10.1. The first-order chi connectivity index (χ1) is 12.5. The molecule has 1 amide bonds. The predicted molar refractivity (Wildman–Crippen MR) is 99.2 cm³/mol. The average Bonchev–Trinajstić information content (AvgIpc) is 2.65. The third kappa shape index (κ3) is 5.46. The maximum atomic E-state index is 12.9. The second kappa shape index (κ2) is 9.39. The van der Waals surface area contributed by atoms with E-state index in [0.717, 1.165) is 5.56 Å². The second-order valence-corrected chi connectivity index (χ2v) is 5.38. The molecule has 0 heterocycles. The minimum atomic E-state index is -0.725. The van der Waals surface area contributed by atoms with Crippen LogP contribution in [0.3, 0.4) is 0 Å². The highest BCUT2D eigenvalue weighted by atomic mass is 19.1. The Hall–Kier alpha value is -3.12. The summed E-state index contributed by atoms with van der Waals surface area (Å²) in [7, 11) is 1.54. The second-order valence-electron chi connectivity index (χ2n) is 5.38. The topological polar surface area (TPSA) is 73.6 Å². The van der Waals surface area contributed by atoms with Crippen molar-refractivity contribution in [2.24, 2.45) is 5.73 Å². The number of halogens is 1. The van der Waals surface area contributed by atoms with Crippen LogP contribution in [0.4, 0.5) is 4.39 Å². The number of hydrogen-bond acceptors (Lipinski definition) is 4. The first-order valence-electron chi connectivity index (χ1n) is 7.95. The predicted octanol–water partition coefficient (Wildman–Crippen LogP) is 3.19. The fraction of sp³-hybridized carbons (Fsp3) is 0.150. The van der Waals surface area contributed by atoms with Gasteiger partial charge in [0.2, 0.25) is 5.91 Å². The number of carbonyl (C=O) groups excluding carboxylic acids is 1. The minimum absolute atomic E-state index is 0.360. The number of rotatable bonds is 8. The Morgan fingerprint density at radius 3 is 2.65 bits per heavy atom. The summed E-state index contributed by atoms with van der Waals surface area (Å²) in [6.45, 7) is 3.97. The molecule has 0 aliphatic rings. The van der Waals surface area contributed by atoms with Crippen molar-refractivity contribution in [2.75, 3.05) is 13.7 Å². The van der Waals surface area contributed by atoms with Gasteiger partial charge >= 0.3 is 0 Å². The van der Waals surface area contributed by atoms with Gasteiger partial charge < -0.3 is 20.5 Å². The molecule has 0 aliphatic heterocycles. The number of hydrogen-bond donors (Lipinski definition) is 2. The van der Waals surface area contributed by atoms with E-state index in [4.69, 9.17) is 15.2 Å². The van der Waals surface area contributed by atoms with Crippen molar-refractivity contribution in [3.05, 3.63) is 78.1 Å². The summed E-state index contributed by atoms with van der Waals surface area (Å²) in [5.74, 6) is 0.416. The third-order valence-corrected chi connectivity index (χ3v) is 3.50. The molecule has 0 saturated heterocycles. The van der Waals surface area contributed by atoms with Crippen molar-refractivity contribution in [3.63, 3.8) is 0 Å². The molecule has 0 aliphatic carbocycles. The van der Waals surface area contributed by atoms with Gasteiger partial charge in [-0.05, 0) is 41.5 Å². The Bertz CT molecular complexity index is 788. The standard InChI is InChI=1S/C20H21FN2O3/c1-3-12-26-17-10-4-14(13-18(17)25-2)5-11-19(24)23-20(22)15-6-8-16(21)9-7-15/h3-11,13,20H,1,12,22H2,2H3,(H,23,24)/b11-5+. The number of ether oxygens (including phenoxy) is 2. The zero-order valence-corrected chi connectivity index (χ0v) is 14.4. The Labute approximate surface area is 151 Å². The molecule has 6 heteroatoms. The molecule has 2 aromatic rings. The van der Waals surface area contributed by atoms with Crippen molar-refractivity contribution in [1.29, 1.82) is 0 Å². The summed E-state index contributed by atoms with van der Waals surface area (Å²) >= 11 is 0. The molecular weight excluding hydrogens is 335 g/mol. The quantitative estimate of drug-likeness (QED) is 0.433. The number of benzene rings is 2. The Balaban J connectivity index is 2.00. The Morgan fingerprint density at radius 2 is 2.00 bits per heavy atom. The SMILES string of the molecule is C=CCOc1ccc(/C=C/C(=O)NC(N)c2ccc(F)cc2)cc1OC. The monoisotopic (exact) mass is 356 g/mol. The molecule has 3 N–H and O–H groups in total. The van der Waals surface area contributed by atoms with Crippen LogP contribution < -0.4 is 20.5 Å². The number of methoxy groups -OCH3 is 1. The van der Waals surface area contributed by atoms with Gasteiger partial charge in [-0.2, -0.15) is 0 Å². The van der Waals surface area contributed by atoms with Crippen LogP contribution in [0, 0.1) is 5.82 Å². The van der Waals surface area contributed by atoms with E-state index in [1.807, 2.05) is 0 Å². The fourth-order valence-electron chi connectivity index (χ4n) is 2.18. The fourth-order valence-corrected chi connectivity index (χ4v) is 2.18. The molecular formula is C20H21FN2O3. The highest BCUT2D eigenvalue weighted by Crippen LogP contribution is 2.28. The maximum absolute atomic E-state index is 12.9. The van der Waals surface area contributed by atoms with E-state index < -0.39 is 6.17 Å². The molecule has 136 valence electrons. The first kappa shape index (κ1) is 19.2. The summed E-state index contributed by atoms with van der Waals surface area (Å²) in [6.07, 6.45) is 3.91. The van der Waals surface area contributed by atoms with E-state index in [-0.39, 0.29) is 11.7 Å². The summed E-state index contributed by atoms with van der Waals surface area (Å²) in [4.78, 5) is 12.0. The van der Waals surface area contributed by atoms with Crippen LogP contribution in [0.1, 0.15) is 17.3 Å². The molecule has 1 unspecified atom stereocenters. The molecule has 1 atom stereocenters. The van der Waals surface area contributed by atoms with Gasteiger partial charge in [0.05, 0.1) is 7.11 Å². The maximum Gasteiger partial charge on any atom is 0.245 e. The van der Waals surface area contributed by atoms with Gasteiger partial charge in [-0.25, -0.2) is 4.39 Å². The van der Waals surface area contributed by atoms with Gasteiger partial charge in [0.25, 0.3) is 0 Å². The smallest absolute Gasteiger partial charge is 0.245 e. The largest absolute Gasteiger partial charge is 0.493 e. The lowest BCUT2D eigenvalue weighted by Gasteiger charge is -2.13. The van der Waals surface area contributed by atoms with Crippen LogP contribution in [0.25, 0.3) is 6.08 Å². The average molecular weight is 356 g/mol. The number of carbonyl (C=O) groups is 1. The summed E-state index contributed by atoms with van der Waals surface area (Å²) < 4.78 is 23.7. The van der Waals surface area contributed by atoms with Crippen molar-refractivity contribution < 1.29 is 18.7 Å². The van der Waals surface area contributed by atoms with Gasteiger partial charge in [0.1, 0.15) is 18.6 Å². The third-order valence-electron chi connectivity index (χ3n) is 3.50. The molecule has 0 radical (unpaired) electrons. The molecule has 0 saturated carbocycles. The van der Waals surface area contributed by atoms with Crippen molar-refractivity contribution in [3.8, 4) is 11.5 Å².